The molecule has 0 aliphatic rings. The molecule has 0 saturated carbocycles. The number of rotatable bonds is 8. The predicted octanol–water partition coefficient (Wildman–Crippen LogP) is 3.64. The van der Waals surface area contributed by atoms with Gasteiger partial charge in [-0.25, -0.2) is 4.98 Å². The Labute approximate surface area is 162 Å². The van der Waals surface area contributed by atoms with Crippen LogP contribution in [0.2, 0.25) is 0 Å². The number of nitrogens with one attached hydrogen (secondary N) is 1. The van der Waals surface area contributed by atoms with Crippen LogP contribution < -0.4 is 10.1 Å². The van der Waals surface area contributed by atoms with Crippen molar-refractivity contribution in [3.8, 4) is 11.5 Å². The number of thiazole rings is 1. The molecule has 27 heavy (non-hydrogen) atoms. The summed E-state index contributed by atoms with van der Waals surface area (Å²) in [7, 11) is 0. The Morgan fingerprint density at radius 2 is 1.96 bits per heavy atom. The summed E-state index contributed by atoms with van der Waals surface area (Å²) in [6, 6.07) is 15.0. The summed E-state index contributed by atoms with van der Waals surface area (Å²) in [6.45, 7) is 2.90. The number of hydrogen-bond acceptors (Lipinski definition) is 5. The Hall–Kier alpha value is -2.86. The topological polar surface area (TPSA) is 71.5 Å². The number of hydrogen-bond donors (Lipinski definition) is 2. The summed E-state index contributed by atoms with van der Waals surface area (Å²) in [5, 5.41) is 15.3. The summed E-state index contributed by atoms with van der Waals surface area (Å²) in [4.78, 5) is 16.5. The first-order valence-corrected chi connectivity index (χ1v) is 9.64. The number of aromatic hydroxyl groups is 1. The minimum absolute atomic E-state index is 0.0817. The van der Waals surface area contributed by atoms with Gasteiger partial charge in [-0.2, -0.15) is 0 Å². The van der Waals surface area contributed by atoms with Crippen LogP contribution in [0.25, 0.3) is 0 Å². The third kappa shape index (κ3) is 5.82. The fourth-order valence-electron chi connectivity index (χ4n) is 2.56. The molecule has 140 valence electrons. The first kappa shape index (κ1) is 18.9. The number of carbonyl (C=O) groups excluding carboxylic acids is 1. The fraction of sp³-hybridized carbons (Fsp3) is 0.238. The van der Waals surface area contributed by atoms with Crippen LogP contribution in [0.3, 0.4) is 0 Å². The van der Waals surface area contributed by atoms with E-state index in [9.17, 15) is 9.90 Å². The van der Waals surface area contributed by atoms with Gasteiger partial charge in [-0.1, -0.05) is 35.9 Å². The van der Waals surface area contributed by atoms with Crippen LogP contribution in [0, 0.1) is 6.92 Å². The Morgan fingerprint density at radius 3 is 2.74 bits per heavy atom. The van der Waals surface area contributed by atoms with Crippen LogP contribution in [0.15, 0.2) is 53.9 Å². The molecule has 0 aliphatic carbocycles. The number of phenolic OH excluding ortho intramolecular Hbond substituents is 1. The van der Waals surface area contributed by atoms with E-state index in [0.717, 1.165) is 22.0 Å². The highest BCUT2D eigenvalue weighted by molar-refractivity contribution is 7.09. The van der Waals surface area contributed by atoms with E-state index in [1.54, 1.807) is 12.1 Å². The average Bonchev–Trinajstić information content (AvgIpc) is 3.10. The lowest BCUT2D eigenvalue weighted by Gasteiger charge is -2.06. The molecule has 0 atom stereocenters. The van der Waals surface area contributed by atoms with Crippen molar-refractivity contribution in [3.05, 3.63) is 75.7 Å². The van der Waals surface area contributed by atoms with Gasteiger partial charge in [0.15, 0.2) is 0 Å². The van der Waals surface area contributed by atoms with Crippen LogP contribution in [-0.2, 0) is 24.2 Å². The Kier molecular flexibility index (Phi) is 6.44. The maximum absolute atomic E-state index is 12.1. The molecule has 1 heterocycles. The monoisotopic (exact) mass is 382 g/mol. The summed E-state index contributed by atoms with van der Waals surface area (Å²) in [5.41, 5.74) is 2.75. The predicted molar refractivity (Wildman–Crippen MR) is 106 cm³/mol. The smallest absolute Gasteiger partial charge is 0.226 e. The molecule has 2 N–H and O–H groups in total. The van der Waals surface area contributed by atoms with Crippen molar-refractivity contribution >= 4 is 17.2 Å². The first-order chi connectivity index (χ1) is 13.1. The minimum Gasteiger partial charge on any atom is -0.508 e. The quantitative estimate of drug-likeness (QED) is 0.624. The molecule has 3 rings (SSSR count). The number of aryl methyl sites for hydroxylation is 1. The van der Waals surface area contributed by atoms with Gasteiger partial charge in [-0.15, -0.1) is 11.3 Å². The van der Waals surface area contributed by atoms with Crippen molar-refractivity contribution < 1.29 is 14.6 Å². The van der Waals surface area contributed by atoms with Gasteiger partial charge >= 0.3 is 0 Å². The third-order valence-corrected chi connectivity index (χ3v) is 4.90. The van der Waals surface area contributed by atoms with E-state index in [1.165, 1.54) is 16.9 Å². The molecule has 0 bridgehead atoms. The van der Waals surface area contributed by atoms with Crippen molar-refractivity contribution in [2.45, 2.75) is 26.4 Å². The molecule has 2 aromatic carbocycles. The van der Waals surface area contributed by atoms with Gasteiger partial charge in [-0.3, -0.25) is 4.79 Å². The molecule has 0 aliphatic heterocycles. The van der Waals surface area contributed by atoms with E-state index < -0.39 is 0 Å². The lowest BCUT2D eigenvalue weighted by atomic mass is 10.1. The minimum atomic E-state index is -0.0817. The van der Waals surface area contributed by atoms with Gasteiger partial charge in [0.1, 0.15) is 23.1 Å². The van der Waals surface area contributed by atoms with E-state index in [2.05, 4.69) is 10.3 Å². The van der Waals surface area contributed by atoms with Gasteiger partial charge in [-0.05, 0) is 37.1 Å². The summed E-state index contributed by atoms with van der Waals surface area (Å²) in [5.74, 6) is 0.977. The van der Waals surface area contributed by atoms with E-state index >= 15 is 0 Å². The molecule has 1 aromatic heterocycles. The first-order valence-electron chi connectivity index (χ1n) is 8.76. The van der Waals surface area contributed by atoms with Crippen LogP contribution >= 0.6 is 11.3 Å². The van der Waals surface area contributed by atoms with E-state index in [-0.39, 0.29) is 18.1 Å². The van der Waals surface area contributed by atoms with E-state index in [4.69, 9.17) is 4.74 Å². The van der Waals surface area contributed by atoms with Crippen molar-refractivity contribution in [2.75, 3.05) is 6.54 Å². The Balaban J connectivity index is 1.42. The molecular weight excluding hydrogens is 360 g/mol. The van der Waals surface area contributed by atoms with Gasteiger partial charge in [0.05, 0.1) is 12.1 Å². The number of aromatic nitrogens is 1. The highest BCUT2D eigenvalue weighted by Crippen LogP contribution is 2.17. The highest BCUT2D eigenvalue weighted by Gasteiger charge is 2.09. The summed E-state index contributed by atoms with van der Waals surface area (Å²) >= 11 is 1.49. The average molecular weight is 382 g/mol. The largest absolute Gasteiger partial charge is 0.508 e. The molecule has 5 nitrogen and oxygen atoms in total. The number of benzene rings is 2. The van der Waals surface area contributed by atoms with Gasteiger partial charge in [0, 0.05) is 11.9 Å². The Morgan fingerprint density at radius 1 is 1.19 bits per heavy atom. The van der Waals surface area contributed by atoms with Crippen molar-refractivity contribution in [2.24, 2.45) is 0 Å². The summed E-state index contributed by atoms with van der Waals surface area (Å²) in [6.07, 6.45) is 0.826. The standard InChI is InChI=1S/C21H22N2O3S/c1-15-6-8-18(9-7-15)26-13-21-23-17(14-27-21)12-20(25)22-11-10-16-4-2-3-5-19(16)24/h2-9,14,24H,10-13H2,1H3,(H,22,25). The second-order valence-electron chi connectivity index (χ2n) is 6.24. The van der Waals surface area contributed by atoms with Gasteiger partial charge in [0.2, 0.25) is 5.91 Å². The second kappa shape index (κ2) is 9.19. The number of amides is 1. The number of nitrogens with zero attached hydrogens (tertiary/aromatic N) is 1. The molecule has 0 saturated heterocycles. The molecular formula is C21H22N2O3S. The molecule has 3 aromatic rings. The number of ether oxygens (including phenoxy) is 1. The highest BCUT2D eigenvalue weighted by atomic mass is 32.1. The normalized spacial score (nSPS) is 10.6. The number of phenols is 1. The molecule has 1 amide bonds. The zero-order chi connectivity index (χ0) is 19.1. The lowest BCUT2D eigenvalue weighted by Crippen LogP contribution is -2.27. The zero-order valence-electron chi connectivity index (χ0n) is 15.1. The molecule has 0 radical (unpaired) electrons. The molecule has 0 unspecified atom stereocenters. The van der Waals surface area contributed by atoms with Crippen LogP contribution in [0.1, 0.15) is 21.8 Å². The van der Waals surface area contributed by atoms with Crippen molar-refractivity contribution in [1.29, 1.82) is 0 Å². The molecule has 6 heteroatoms. The van der Waals surface area contributed by atoms with Crippen molar-refractivity contribution in [3.63, 3.8) is 0 Å². The zero-order valence-corrected chi connectivity index (χ0v) is 16.0. The third-order valence-electron chi connectivity index (χ3n) is 4.03. The summed E-state index contributed by atoms with van der Waals surface area (Å²) < 4.78 is 5.71. The number of carbonyl (C=O) groups is 1. The lowest BCUT2D eigenvalue weighted by molar-refractivity contribution is -0.120. The van der Waals surface area contributed by atoms with Crippen LogP contribution in [-0.4, -0.2) is 22.5 Å². The van der Waals surface area contributed by atoms with Gasteiger partial charge < -0.3 is 15.2 Å². The Bertz CT molecular complexity index is 890. The van der Waals surface area contributed by atoms with E-state index in [1.807, 2.05) is 48.7 Å². The number of para-hydroxylation sites is 1. The SMILES string of the molecule is Cc1ccc(OCc2nc(CC(=O)NCCc3ccccc3O)cs2)cc1. The maximum atomic E-state index is 12.1. The van der Waals surface area contributed by atoms with Crippen molar-refractivity contribution in [1.82, 2.24) is 10.3 Å². The molecule has 0 fully saturated rings. The maximum Gasteiger partial charge on any atom is 0.226 e. The second-order valence-corrected chi connectivity index (χ2v) is 7.18. The molecule has 0 spiro atoms. The fourth-order valence-corrected chi connectivity index (χ4v) is 3.27. The van der Waals surface area contributed by atoms with Crippen LogP contribution in [0.4, 0.5) is 0 Å². The van der Waals surface area contributed by atoms with Gasteiger partial charge in [0.25, 0.3) is 0 Å². The van der Waals surface area contributed by atoms with Crippen LogP contribution in [0.5, 0.6) is 11.5 Å². The van der Waals surface area contributed by atoms with E-state index in [0.29, 0.717) is 19.6 Å².